The number of H-pyrrole nitrogens is 1. The van der Waals surface area contributed by atoms with Gasteiger partial charge in [-0.25, -0.2) is 19.2 Å². The Morgan fingerprint density at radius 1 is 1.10 bits per heavy atom. The number of halogens is 2. The molecule has 0 aliphatic heterocycles. The monoisotopic (exact) mass is 556 g/mol. The van der Waals surface area contributed by atoms with E-state index in [9.17, 15) is 14.7 Å². The molecule has 0 spiro atoms. The zero-order valence-electron chi connectivity index (χ0n) is 20.4. The highest BCUT2D eigenvalue weighted by Crippen LogP contribution is 2.31. The number of hydrogen-bond donors (Lipinski definition) is 2. The van der Waals surface area contributed by atoms with E-state index in [1.807, 2.05) is 30.3 Å². The number of imidazole rings is 1. The molecule has 6 aromatic rings. The van der Waals surface area contributed by atoms with E-state index in [4.69, 9.17) is 11.6 Å². The van der Waals surface area contributed by atoms with Gasteiger partial charge >= 0.3 is 5.97 Å². The van der Waals surface area contributed by atoms with Gasteiger partial charge in [0.15, 0.2) is 0 Å². The topological polar surface area (TPSA) is 144 Å². The van der Waals surface area contributed by atoms with Crippen molar-refractivity contribution in [2.75, 3.05) is 0 Å². The molecule has 4 heterocycles. The van der Waals surface area contributed by atoms with Crippen LogP contribution in [0.5, 0.6) is 0 Å². The summed E-state index contributed by atoms with van der Waals surface area (Å²) in [7, 11) is 0. The van der Waals surface area contributed by atoms with Crippen molar-refractivity contribution in [1.29, 1.82) is 0 Å². The van der Waals surface area contributed by atoms with E-state index in [1.54, 1.807) is 12.1 Å². The average molecular weight is 557 g/mol. The molecule has 0 amide bonds. The van der Waals surface area contributed by atoms with Crippen LogP contribution in [0.4, 0.5) is 4.39 Å². The van der Waals surface area contributed by atoms with Gasteiger partial charge in [0.1, 0.15) is 23.7 Å². The number of hydrogen-bond acceptors (Lipinski definition) is 7. The number of benzene rings is 2. The predicted octanol–water partition coefficient (Wildman–Crippen LogP) is 4.09. The summed E-state index contributed by atoms with van der Waals surface area (Å²) >= 11 is 6.22. The summed E-state index contributed by atoms with van der Waals surface area (Å²) < 4.78 is 18.5. The zero-order chi connectivity index (χ0) is 27.8. The van der Waals surface area contributed by atoms with E-state index in [2.05, 4.69) is 30.5 Å². The Kier molecular flexibility index (Phi) is 6.36. The highest BCUT2D eigenvalue weighted by molar-refractivity contribution is 6.31. The van der Waals surface area contributed by atoms with Gasteiger partial charge in [-0.05, 0) is 40.3 Å². The van der Waals surface area contributed by atoms with E-state index in [-0.39, 0.29) is 11.3 Å². The Morgan fingerprint density at radius 2 is 1.93 bits per heavy atom. The molecule has 0 saturated carbocycles. The summed E-state index contributed by atoms with van der Waals surface area (Å²) in [5.41, 5.74) is 1.84. The van der Waals surface area contributed by atoms with E-state index < -0.39 is 23.4 Å². The molecule has 0 aliphatic rings. The number of carbonyl (C=O) groups is 1. The summed E-state index contributed by atoms with van der Waals surface area (Å²) in [6.45, 7) is 0. The molecule has 40 heavy (non-hydrogen) atoms. The maximum atomic E-state index is 15.9. The molecule has 1 unspecified atom stereocenters. The number of tetrazole rings is 1. The molecule has 0 aliphatic carbocycles. The van der Waals surface area contributed by atoms with Crippen molar-refractivity contribution in [3.05, 3.63) is 118 Å². The van der Waals surface area contributed by atoms with E-state index in [0.717, 1.165) is 11.8 Å². The molecule has 6 rings (SSSR count). The summed E-state index contributed by atoms with van der Waals surface area (Å²) in [4.78, 5) is 36.6. The van der Waals surface area contributed by atoms with E-state index in [1.165, 1.54) is 40.0 Å². The van der Waals surface area contributed by atoms with Crippen LogP contribution in [0.2, 0.25) is 5.02 Å². The first-order valence-corrected chi connectivity index (χ1v) is 12.3. The van der Waals surface area contributed by atoms with Gasteiger partial charge in [-0.2, -0.15) is 4.68 Å². The molecule has 0 radical (unpaired) electrons. The average Bonchev–Trinajstić information content (AvgIpc) is 3.63. The molecular weight excluding hydrogens is 539 g/mol. The smallest absolute Gasteiger partial charge is 0.354 e. The molecule has 13 heteroatoms. The van der Waals surface area contributed by atoms with Gasteiger partial charge in [0.2, 0.25) is 0 Å². The number of nitrogens with one attached hydrogen (secondary N) is 1. The lowest BCUT2D eigenvalue weighted by Gasteiger charge is -2.19. The molecule has 2 N–H and O–H groups in total. The Labute approximate surface area is 229 Å². The number of nitrogens with zero attached hydrogens (tertiary/aromatic N) is 7. The summed E-state index contributed by atoms with van der Waals surface area (Å²) in [6, 6.07) is 15.9. The van der Waals surface area contributed by atoms with Crippen LogP contribution in [0.15, 0.2) is 84.2 Å². The van der Waals surface area contributed by atoms with Crippen molar-refractivity contribution in [2.24, 2.45) is 0 Å². The number of aromatic carboxylic acids is 1. The maximum Gasteiger partial charge on any atom is 0.354 e. The minimum Gasteiger partial charge on any atom is -0.477 e. The minimum absolute atomic E-state index is 0.0209. The second-order valence-corrected chi connectivity index (χ2v) is 9.35. The second-order valence-electron chi connectivity index (χ2n) is 8.92. The van der Waals surface area contributed by atoms with Crippen LogP contribution in [0.1, 0.15) is 27.9 Å². The van der Waals surface area contributed by atoms with Crippen molar-refractivity contribution < 1.29 is 14.3 Å². The predicted molar refractivity (Wildman–Crippen MR) is 143 cm³/mol. The third kappa shape index (κ3) is 4.71. The highest BCUT2D eigenvalue weighted by atomic mass is 35.5. The fourth-order valence-corrected chi connectivity index (χ4v) is 4.71. The van der Waals surface area contributed by atoms with Crippen molar-refractivity contribution in [3.63, 3.8) is 0 Å². The van der Waals surface area contributed by atoms with Gasteiger partial charge in [0, 0.05) is 34.8 Å². The van der Waals surface area contributed by atoms with Crippen LogP contribution >= 0.6 is 11.6 Å². The molecule has 0 bridgehead atoms. The summed E-state index contributed by atoms with van der Waals surface area (Å²) in [5.74, 6) is -1.53. The van der Waals surface area contributed by atoms with Crippen molar-refractivity contribution in [2.45, 2.75) is 12.5 Å². The largest absolute Gasteiger partial charge is 0.477 e. The molecule has 4 aromatic heterocycles. The number of aromatic nitrogens is 8. The van der Waals surface area contributed by atoms with Gasteiger partial charge in [-0.15, -0.1) is 5.10 Å². The molecular formula is C27H18ClFN8O3. The first-order chi connectivity index (χ1) is 19.4. The molecule has 11 nitrogen and oxygen atoms in total. The Hall–Kier alpha value is -5.23. The minimum atomic E-state index is -1.19. The van der Waals surface area contributed by atoms with Crippen molar-refractivity contribution in [1.82, 2.24) is 39.7 Å². The normalized spacial score (nSPS) is 12.1. The van der Waals surface area contributed by atoms with Crippen LogP contribution in [0, 0.1) is 5.82 Å². The van der Waals surface area contributed by atoms with Crippen molar-refractivity contribution in [3.8, 4) is 16.8 Å². The number of carboxylic acids is 1. The zero-order valence-corrected chi connectivity index (χ0v) is 21.2. The standard InChI is InChI=1S/C27H18ClFN8O3/c28-16-6-7-23(37-14-31-34-35-37)18(9-16)17-10-25(38)36(13-19(17)29)24(8-15-4-2-1-3-5-15)26-32-20-11-21(27(39)40)30-12-22(20)33-26/h1-7,9-14,24H,8H2,(H,32,33)(H,39,40). The number of pyridine rings is 2. The van der Waals surface area contributed by atoms with Gasteiger partial charge in [0.25, 0.3) is 5.56 Å². The van der Waals surface area contributed by atoms with E-state index >= 15 is 4.39 Å². The Balaban J connectivity index is 1.49. The molecule has 0 fully saturated rings. The highest BCUT2D eigenvalue weighted by Gasteiger charge is 2.23. The lowest BCUT2D eigenvalue weighted by molar-refractivity contribution is 0.0690. The van der Waals surface area contributed by atoms with E-state index in [0.29, 0.717) is 39.6 Å². The van der Waals surface area contributed by atoms with Crippen LogP contribution in [0.25, 0.3) is 27.8 Å². The van der Waals surface area contributed by atoms with Gasteiger partial charge in [0.05, 0.1) is 29.0 Å². The number of aromatic amines is 1. The number of rotatable bonds is 7. The first kappa shape index (κ1) is 25.1. The molecule has 1 atom stereocenters. The van der Waals surface area contributed by atoms with Crippen LogP contribution in [-0.4, -0.2) is 50.8 Å². The van der Waals surface area contributed by atoms with Gasteiger partial charge in [-0.1, -0.05) is 41.9 Å². The fourth-order valence-electron chi connectivity index (χ4n) is 4.54. The third-order valence-corrected chi connectivity index (χ3v) is 6.64. The van der Waals surface area contributed by atoms with Crippen LogP contribution in [-0.2, 0) is 6.42 Å². The van der Waals surface area contributed by atoms with Crippen LogP contribution in [0.3, 0.4) is 0 Å². The number of fused-ring (bicyclic) bond motifs is 1. The maximum absolute atomic E-state index is 15.9. The summed E-state index contributed by atoms with van der Waals surface area (Å²) in [6.07, 6.45) is 4.14. The first-order valence-electron chi connectivity index (χ1n) is 12.0. The quantitative estimate of drug-likeness (QED) is 0.299. The van der Waals surface area contributed by atoms with Crippen molar-refractivity contribution >= 4 is 28.6 Å². The lowest BCUT2D eigenvalue weighted by atomic mass is 10.0. The lowest BCUT2D eigenvalue weighted by Crippen LogP contribution is -2.28. The van der Waals surface area contributed by atoms with Crippen LogP contribution < -0.4 is 5.56 Å². The fraction of sp³-hybridized carbons (Fsp3) is 0.0741. The second kappa shape index (κ2) is 10.2. The molecule has 198 valence electrons. The Morgan fingerprint density at radius 3 is 2.67 bits per heavy atom. The Bertz CT molecular complexity index is 1920. The summed E-state index contributed by atoms with van der Waals surface area (Å²) in [5, 5.41) is 20.8. The van der Waals surface area contributed by atoms with Gasteiger partial charge in [-0.3, -0.25) is 4.79 Å². The van der Waals surface area contributed by atoms with Gasteiger partial charge < -0.3 is 14.7 Å². The molecule has 2 aromatic carbocycles. The number of carboxylic acid groups (broad SMARTS) is 1. The SMILES string of the molecule is O=C(O)c1cc2nc(C(Cc3ccccc3)n3cc(F)c(-c4cc(Cl)ccc4-n4cnnn4)cc3=O)[nH]c2cn1. The molecule has 0 saturated heterocycles. The third-order valence-electron chi connectivity index (χ3n) is 6.40.